The number of carbonyl (C=O) groups excluding carboxylic acids is 2. The van der Waals surface area contributed by atoms with Crippen molar-refractivity contribution >= 4 is 17.5 Å². The minimum Gasteiger partial charge on any atom is -0.347 e. The van der Waals surface area contributed by atoms with Crippen molar-refractivity contribution in [3.05, 3.63) is 83.4 Å². The molecule has 0 fully saturated rings. The molecular formula is C22H22N4O2. The van der Waals surface area contributed by atoms with E-state index >= 15 is 0 Å². The summed E-state index contributed by atoms with van der Waals surface area (Å²) in [7, 11) is 0. The van der Waals surface area contributed by atoms with Crippen LogP contribution in [0.25, 0.3) is 0 Å². The summed E-state index contributed by atoms with van der Waals surface area (Å²) >= 11 is 0. The predicted octanol–water partition coefficient (Wildman–Crippen LogP) is 3.40. The Balaban J connectivity index is 1.56. The Hall–Kier alpha value is -3.41. The first kappa shape index (κ1) is 18.0. The maximum atomic E-state index is 12.8. The average Bonchev–Trinajstić information content (AvgIpc) is 3.13. The van der Waals surface area contributed by atoms with Crippen molar-refractivity contribution in [2.75, 3.05) is 5.32 Å². The molecule has 0 atom stereocenters. The minimum atomic E-state index is -0.295. The number of hydrogen-bond acceptors (Lipinski definition) is 3. The van der Waals surface area contributed by atoms with Crippen molar-refractivity contribution in [3.63, 3.8) is 0 Å². The number of hydrogen-bond donors (Lipinski definition) is 2. The number of aromatic nitrogens is 2. The third kappa shape index (κ3) is 3.81. The van der Waals surface area contributed by atoms with E-state index in [2.05, 4.69) is 15.6 Å². The number of anilines is 1. The first-order valence-corrected chi connectivity index (χ1v) is 9.50. The van der Waals surface area contributed by atoms with Crippen LogP contribution in [0.15, 0.2) is 60.7 Å². The molecule has 142 valence electrons. The van der Waals surface area contributed by atoms with Crippen LogP contribution >= 0.6 is 0 Å². The molecule has 0 spiro atoms. The van der Waals surface area contributed by atoms with E-state index < -0.39 is 0 Å². The van der Waals surface area contributed by atoms with Gasteiger partial charge in [0.05, 0.1) is 5.69 Å². The quantitative estimate of drug-likeness (QED) is 0.719. The summed E-state index contributed by atoms with van der Waals surface area (Å²) in [6, 6.07) is 19.0. The van der Waals surface area contributed by atoms with Crippen LogP contribution in [-0.4, -0.2) is 21.4 Å². The number of nitrogens with one attached hydrogen (secondary N) is 2. The molecule has 0 saturated heterocycles. The Morgan fingerprint density at radius 3 is 2.39 bits per heavy atom. The van der Waals surface area contributed by atoms with Gasteiger partial charge in [0.1, 0.15) is 5.69 Å². The Labute approximate surface area is 163 Å². The average molecular weight is 374 g/mol. The number of benzene rings is 2. The van der Waals surface area contributed by atoms with E-state index in [1.165, 1.54) is 0 Å². The Bertz CT molecular complexity index is 981. The normalized spacial score (nSPS) is 12.9. The summed E-state index contributed by atoms with van der Waals surface area (Å²) in [6.45, 7) is 1.13. The lowest BCUT2D eigenvalue weighted by Crippen LogP contribution is -2.25. The number of fused-ring (bicyclic) bond motifs is 1. The van der Waals surface area contributed by atoms with Crippen LogP contribution < -0.4 is 10.6 Å². The summed E-state index contributed by atoms with van der Waals surface area (Å²) in [4.78, 5) is 30.0. The van der Waals surface area contributed by atoms with Gasteiger partial charge in [0.15, 0.2) is 5.82 Å². The summed E-state index contributed by atoms with van der Waals surface area (Å²) in [6.07, 6.45) is 2.71. The molecule has 0 bridgehead atoms. The highest BCUT2D eigenvalue weighted by Crippen LogP contribution is 2.22. The highest BCUT2D eigenvalue weighted by Gasteiger charge is 2.27. The van der Waals surface area contributed by atoms with Gasteiger partial charge in [-0.2, -0.15) is 0 Å². The molecule has 6 heteroatoms. The van der Waals surface area contributed by atoms with Crippen molar-refractivity contribution in [2.45, 2.75) is 32.4 Å². The molecule has 6 nitrogen and oxygen atoms in total. The molecule has 0 saturated carbocycles. The predicted molar refractivity (Wildman–Crippen MR) is 107 cm³/mol. The van der Waals surface area contributed by atoms with Gasteiger partial charge in [0.2, 0.25) is 0 Å². The van der Waals surface area contributed by atoms with Gasteiger partial charge in [-0.1, -0.05) is 48.5 Å². The molecular weight excluding hydrogens is 352 g/mol. The molecule has 1 aliphatic rings. The van der Waals surface area contributed by atoms with E-state index in [-0.39, 0.29) is 11.8 Å². The van der Waals surface area contributed by atoms with Gasteiger partial charge in [-0.05, 0) is 37.0 Å². The monoisotopic (exact) mass is 374 g/mol. The number of amides is 2. The van der Waals surface area contributed by atoms with Crippen molar-refractivity contribution in [1.29, 1.82) is 0 Å². The van der Waals surface area contributed by atoms with Crippen LogP contribution in [0.5, 0.6) is 0 Å². The lowest BCUT2D eigenvalue weighted by atomic mass is 10.1. The fourth-order valence-electron chi connectivity index (χ4n) is 3.47. The molecule has 1 aromatic heterocycles. The Morgan fingerprint density at radius 1 is 0.929 bits per heavy atom. The topological polar surface area (TPSA) is 76.0 Å². The largest absolute Gasteiger partial charge is 0.347 e. The minimum absolute atomic E-state index is 0.242. The molecule has 4 rings (SSSR count). The lowest BCUT2D eigenvalue weighted by molar-refractivity contribution is 0.0945. The second kappa shape index (κ2) is 8.08. The van der Waals surface area contributed by atoms with Crippen molar-refractivity contribution < 1.29 is 9.59 Å². The number of rotatable bonds is 5. The SMILES string of the molecule is O=C(NCc1ccccc1)c1nc(C(=O)Nc2ccccc2)n2c1CCCC2. The second-order valence-electron chi connectivity index (χ2n) is 6.83. The van der Waals surface area contributed by atoms with E-state index in [1.54, 1.807) is 0 Å². The van der Waals surface area contributed by atoms with Crippen LogP contribution in [-0.2, 0) is 19.5 Å². The first-order chi connectivity index (χ1) is 13.7. The highest BCUT2D eigenvalue weighted by atomic mass is 16.2. The maximum absolute atomic E-state index is 12.8. The zero-order valence-electron chi connectivity index (χ0n) is 15.5. The molecule has 1 aliphatic heterocycles. The van der Waals surface area contributed by atoms with E-state index in [0.717, 1.165) is 30.5 Å². The third-order valence-corrected chi connectivity index (χ3v) is 4.86. The Morgan fingerprint density at radius 2 is 1.64 bits per heavy atom. The van der Waals surface area contributed by atoms with Crippen molar-refractivity contribution in [1.82, 2.24) is 14.9 Å². The van der Waals surface area contributed by atoms with E-state index in [4.69, 9.17) is 0 Å². The van der Waals surface area contributed by atoms with Gasteiger partial charge >= 0.3 is 0 Å². The molecule has 0 radical (unpaired) electrons. The first-order valence-electron chi connectivity index (χ1n) is 9.50. The van der Waals surface area contributed by atoms with Crippen LogP contribution in [0.2, 0.25) is 0 Å². The van der Waals surface area contributed by atoms with Gasteiger partial charge in [-0.3, -0.25) is 9.59 Å². The van der Waals surface area contributed by atoms with E-state index in [1.807, 2.05) is 65.2 Å². The number of para-hydroxylation sites is 1. The fraction of sp³-hybridized carbons (Fsp3) is 0.227. The fourth-order valence-corrected chi connectivity index (χ4v) is 3.47. The van der Waals surface area contributed by atoms with Gasteiger partial charge < -0.3 is 15.2 Å². The van der Waals surface area contributed by atoms with Gasteiger partial charge in [-0.25, -0.2) is 4.98 Å². The maximum Gasteiger partial charge on any atom is 0.291 e. The smallest absolute Gasteiger partial charge is 0.291 e. The molecule has 28 heavy (non-hydrogen) atoms. The summed E-state index contributed by atoms with van der Waals surface area (Å²) in [5.74, 6) is -0.242. The molecule has 2 heterocycles. The standard InChI is InChI=1S/C22H22N4O2/c27-21(23-15-16-9-3-1-4-10-16)19-18-13-7-8-14-26(18)20(25-19)22(28)24-17-11-5-2-6-12-17/h1-6,9-12H,7-8,13-15H2,(H,23,27)(H,24,28). The van der Waals surface area contributed by atoms with Gasteiger partial charge in [-0.15, -0.1) is 0 Å². The zero-order chi connectivity index (χ0) is 19.3. The second-order valence-corrected chi connectivity index (χ2v) is 6.83. The van der Waals surface area contributed by atoms with Crippen molar-refractivity contribution in [2.24, 2.45) is 0 Å². The van der Waals surface area contributed by atoms with Crippen LogP contribution in [0.3, 0.4) is 0 Å². The summed E-state index contributed by atoms with van der Waals surface area (Å²) in [5, 5.41) is 5.79. The number of nitrogens with zero attached hydrogens (tertiary/aromatic N) is 2. The highest BCUT2D eigenvalue weighted by molar-refractivity contribution is 6.03. The van der Waals surface area contributed by atoms with Crippen LogP contribution in [0.4, 0.5) is 5.69 Å². The van der Waals surface area contributed by atoms with Crippen LogP contribution in [0, 0.1) is 0 Å². The molecule has 2 amide bonds. The van der Waals surface area contributed by atoms with E-state index in [0.29, 0.717) is 30.3 Å². The third-order valence-electron chi connectivity index (χ3n) is 4.86. The van der Waals surface area contributed by atoms with Gasteiger partial charge in [0.25, 0.3) is 11.8 Å². The molecule has 2 N–H and O–H groups in total. The number of carbonyl (C=O) groups is 2. The van der Waals surface area contributed by atoms with Crippen LogP contribution in [0.1, 0.15) is 45.2 Å². The van der Waals surface area contributed by atoms with Gasteiger partial charge in [0, 0.05) is 18.8 Å². The molecule has 3 aromatic rings. The summed E-state index contributed by atoms with van der Waals surface area (Å²) < 4.78 is 1.89. The molecule has 0 unspecified atom stereocenters. The Kier molecular flexibility index (Phi) is 5.19. The molecule has 0 aliphatic carbocycles. The number of imidazole rings is 1. The van der Waals surface area contributed by atoms with E-state index in [9.17, 15) is 9.59 Å². The summed E-state index contributed by atoms with van der Waals surface area (Å²) in [5.41, 5.74) is 2.92. The lowest BCUT2D eigenvalue weighted by Gasteiger charge is -2.17. The van der Waals surface area contributed by atoms with Crippen molar-refractivity contribution in [3.8, 4) is 0 Å². The molecule has 2 aromatic carbocycles. The zero-order valence-corrected chi connectivity index (χ0v) is 15.5.